The summed E-state index contributed by atoms with van der Waals surface area (Å²) < 4.78 is 5.24. The number of alkyl carbamates (subject to hydrolysis) is 1. The van der Waals surface area contributed by atoms with Crippen LogP contribution in [0.3, 0.4) is 0 Å². The van der Waals surface area contributed by atoms with Crippen LogP contribution in [0, 0.1) is 0 Å². The number of amides is 3. The van der Waals surface area contributed by atoms with Gasteiger partial charge < -0.3 is 25.2 Å². The van der Waals surface area contributed by atoms with E-state index in [1.807, 2.05) is 57.0 Å². The van der Waals surface area contributed by atoms with Gasteiger partial charge >= 0.3 is 6.09 Å². The van der Waals surface area contributed by atoms with E-state index in [1.54, 1.807) is 6.92 Å². The molecule has 8 nitrogen and oxygen atoms in total. The van der Waals surface area contributed by atoms with Crippen molar-refractivity contribution >= 4 is 17.9 Å². The van der Waals surface area contributed by atoms with Crippen LogP contribution in [0.1, 0.15) is 45.2 Å². The van der Waals surface area contributed by atoms with Gasteiger partial charge in [0.2, 0.25) is 11.8 Å². The van der Waals surface area contributed by atoms with E-state index in [-0.39, 0.29) is 11.8 Å². The van der Waals surface area contributed by atoms with Gasteiger partial charge in [-0.05, 0) is 38.9 Å². The van der Waals surface area contributed by atoms with Crippen LogP contribution in [-0.2, 0) is 27.3 Å². The summed E-state index contributed by atoms with van der Waals surface area (Å²) in [7, 11) is 2.04. The number of carbonyl (C=O) groups is 3. The molecule has 172 valence electrons. The van der Waals surface area contributed by atoms with E-state index in [0.29, 0.717) is 32.5 Å². The summed E-state index contributed by atoms with van der Waals surface area (Å²) >= 11 is 0. The molecule has 1 heterocycles. The maximum Gasteiger partial charge on any atom is 0.407 e. The molecule has 1 atom stereocenters. The zero-order valence-electron chi connectivity index (χ0n) is 19.4. The lowest BCUT2D eigenvalue weighted by molar-refractivity contribution is -0.137. The van der Waals surface area contributed by atoms with Gasteiger partial charge in [-0.25, -0.2) is 4.79 Å². The number of hydrogen-bond acceptors (Lipinski definition) is 5. The van der Waals surface area contributed by atoms with Crippen molar-refractivity contribution in [2.24, 2.45) is 0 Å². The van der Waals surface area contributed by atoms with Gasteiger partial charge in [-0.15, -0.1) is 0 Å². The Bertz CT molecular complexity index is 750. The summed E-state index contributed by atoms with van der Waals surface area (Å²) in [6.45, 7) is 10.6. The molecule has 1 aliphatic rings. The average molecular weight is 433 g/mol. The molecule has 0 radical (unpaired) electrons. The second kappa shape index (κ2) is 11.1. The van der Waals surface area contributed by atoms with Crippen LogP contribution < -0.4 is 10.6 Å². The molecule has 3 amide bonds. The number of nitrogens with zero attached hydrogens (tertiary/aromatic N) is 2. The Balaban J connectivity index is 1.97. The molecule has 1 aromatic rings. The van der Waals surface area contributed by atoms with E-state index in [4.69, 9.17) is 4.74 Å². The highest BCUT2D eigenvalue weighted by molar-refractivity contribution is 5.88. The van der Waals surface area contributed by atoms with Crippen LogP contribution >= 0.6 is 0 Å². The van der Waals surface area contributed by atoms with Gasteiger partial charge in [0.15, 0.2) is 0 Å². The molecule has 0 spiro atoms. The van der Waals surface area contributed by atoms with Crippen molar-refractivity contribution in [2.75, 3.05) is 33.2 Å². The summed E-state index contributed by atoms with van der Waals surface area (Å²) in [6, 6.07) is 7.09. The zero-order chi connectivity index (χ0) is 23.0. The lowest BCUT2D eigenvalue weighted by Gasteiger charge is -2.34. The minimum absolute atomic E-state index is 0.0365. The van der Waals surface area contributed by atoms with Crippen molar-refractivity contribution < 1.29 is 19.1 Å². The second-order valence-corrected chi connectivity index (χ2v) is 8.98. The number of benzene rings is 1. The Morgan fingerprint density at radius 2 is 1.61 bits per heavy atom. The van der Waals surface area contributed by atoms with Crippen molar-refractivity contribution in [3.05, 3.63) is 35.4 Å². The van der Waals surface area contributed by atoms with Crippen molar-refractivity contribution in [3.63, 3.8) is 0 Å². The highest BCUT2D eigenvalue weighted by Gasteiger charge is 2.28. The van der Waals surface area contributed by atoms with Crippen molar-refractivity contribution in [1.82, 2.24) is 20.4 Å². The van der Waals surface area contributed by atoms with Gasteiger partial charge in [-0.3, -0.25) is 9.59 Å². The maximum atomic E-state index is 13.1. The van der Waals surface area contributed by atoms with Gasteiger partial charge in [-0.1, -0.05) is 31.2 Å². The SMILES string of the molecule is CCC(=O)N[C@H](Cc1ccc(CNC(=O)OC(C)(C)C)cc1)C(=O)N1CCN(C)CC1. The monoisotopic (exact) mass is 432 g/mol. The van der Waals surface area contributed by atoms with Gasteiger partial charge in [0, 0.05) is 45.6 Å². The summed E-state index contributed by atoms with van der Waals surface area (Å²) in [5, 5.41) is 5.61. The minimum Gasteiger partial charge on any atom is -0.444 e. The molecule has 31 heavy (non-hydrogen) atoms. The summed E-state index contributed by atoms with van der Waals surface area (Å²) in [5.41, 5.74) is 1.33. The standard InChI is InChI=1S/C23H36N4O4/c1-6-20(28)25-19(21(29)27-13-11-26(5)12-14-27)15-17-7-9-18(10-8-17)16-24-22(30)31-23(2,3)4/h7-10,19H,6,11-16H2,1-5H3,(H,24,30)(H,25,28)/t19-/m1/s1. The van der Waals surface area contributed by atoms with E-state index in [2.05, 4.69) is 15.5 Å². The fourth-order valence-electron chi connectivity index (χ4n) is 3.26. The molecule has 8 heteroatoms. The lowest BCUT2D eigenvalue weighted by atomic mass is 10.0. The lowest BCUT2D eigenvalue weighted by Crippen LogP contribution is -2.54. The molecule has 1 saturated heterocycles. The maximum absolute atomic E-state index is 13.1. The minimum atomic E-state index is -0.582. The predicted molar refractivity (Wildman–Crippen MR) is 120 cm³/mol. The number of likely N-dealkylation sites (N-methyl/N-ethyl adjacent to an activating group) is 1. The first-order valence-electron chi connectivity index (χ1n) is 10.9. The molecule has 2 N–H and O–H groups in total. The number of hydrogen-bond donors (Lipinski definition) is 2. The molecule has 0 aliphatic carbocycles. The normalized spacial score (nSPS) is 15.8. The van der Waals surface area contributed by atoms with E-state index in [9.17, 15) is 14.4 Å². The largest absolute Gasteiger partial charge is 0.444 e. The number of piperazine rings is 1. The summed E-state index contributed by atoms with van der Waals surface area (Å²) in [5.74, 6) is -0.170. The second-order valence-electron chi connectivity index (χ2n) is 8.98. The van der Waals surface area contributed by atoms with Crippen molar-refractivity contribution in [1.29, 1.82) is 0 Å². The first-order valence-corrected chi connectivity index (χ1v) is 10.9. The molecular weight excluding hydrogens is 396 g/mol. The van der Waals surface area contributed by atoms with Gasteiger partial charge in [0.05, 0.1) is 0 Å². The van der Waals surface area contributed by atoms with Crippen molar-refractivity contribution in [3.8, 4) is 0 Å². The number of rotatable bonds is 7. The highest BCUT2D eigenvalue weighted by atomic mass is 16.6. The fourth-order valence-corrected chi connectivity index (χ4v) is 3.26. The topological polar surface area (TPSA) is 91.0 Å². The van der Waals surface area contributed by atoms with Crippen LogP contribution in [0.15, 0.2) is 24.3 Å². The molecule has 2 rings (SSSR count). The fraction of sp³-hybridized carbons (Fsp3) is 0.609. The Labute approximate surface area is 185 Å². The first kappa shape index (κ1) is 24.7. The van der Waals surface area contributed by atoms with Crippen LogP contribution in [0.4, 0.5) is 4.79 Å². The summed E-state index contributed by atoms with van der Waals surface area (Å²) in [4.78, 5) is 40.9. The number of nitrogens with one attached hydrogen (secondary N) is 2. The Hall–Kier alpha value is -2.61. The third-order valence-electron chi connectivity index (χ3n) is 5.07. The van der Waals surface area contributed by atoms with Crippen LogP contribution in [0.5, 0.6) is 0 Å². The van der Waals surface area contributed by atoms with Crippen LogP contribution in [-0.4, -0.2) is 72.6 Å². The van der Waals surface area contributed by atoms with E-state index in [0.717, 1.165) is 24.2 Å². The quantitative estimate of drug-likeness (QED) is 0.687. The molecule has 1 fully saturated rings. The first-order chi connectivity index (χ1) is 14.6. The molecule has 0 aromatic heterocycles. The Morgan fingerprint density at radius 1 is 1.03 bits per heavy atom. The van der Waals surface area contributed by atoms with Crippen LogP contribution in [0.25, 0.3) is 0 Å². The molecule has 1 aromatic carbocycles. The molecule has 1 aliphatic heterocycles. The number of ether oxygens (including phenoxy) is 1. The zero-order valence-corrected chi connectivity index (χ0v) is 19.4. The molecule has 0 unspecified atom stereocenters. The van der Waals surface area contributed by atoms with Gasteiger partial charge in [0.1, 0.15) is 11.6 Å². The average Bonchev–Trinajstić information content (AvgIpc) is 2.71. The Morgan fingerprint density at radius 3 is 2.16 bits per heavy atom. The third kappa shape index (κ3) is 8.57. The third-order valence-corrected chi connectivity index (χ3v) is 5.07. The van der Waals surface area contributed by atoms with Gasteiger partial charge in [0.25, 0.3) is 0 Å². The van der Waals surface area contributed by atoms with E-state index in [1.165, 1.54) is 0 Å². The molecule has 0 saturated carbocycles. The van der Waals surface area contributed by atoms with E-state index >= 15 is 0 Å². The molecule has 0 bridgehead atoms. The Kier molecular flexibility index (Phi) is 8.86. The van der Waals surface area contributed by atoms with Crippen LogP contribution in [0.2, 0.25) is 0 Å². The number of carbonyl (C=O) groups excluding carboxylic acids is 3. The smallest absolute Gasteiger partial charge is 0.407 e. The van der Waals surface area contributed by atoms with Gasteiger partial charge in [-0.2, -0.15) is 0 Å². The predicted octanol–water partition coefficient (Wildman–Crippen LogP) is 1.92. The van der Waals surface area contributed by atoms with Crippen molar-refractivity contribution in [2.45, 2.75) is 58.7 Å². The van der Waals surface area contributed by atoms with E-state index < -0.39 is 17.7 Å². The molecular formula is C23H36N4O4. The summed E-state index contributed by atoms with van der Waals surface area (Å²) in [6.07, 6.45) is 0.301. The highest BCUT2D eigenvalue weighted by Crippen LogP contribution is 2.12.